The molecule has 0 aliphatic rings. The van der Waals surface area contributed by atoms with Gasteiger partial charge in [0.05, 0.1) is 19.8 Å². The Kier molecular flexibility index (Phi) is 6.41. The maximum Gasteiger partial charge on any atom is 0.0698 e. The highest BCUT2D eigenvalue weighted by Crippen LogP contribution is 2.20. The molecule has 0 aromatic heterocycles. The van der Waals surface area contributed by atoms with Gasteiger partial charge < -0.3 is 15.2 Å². The molecule has 0 amide bonds. The van der Waals surface area contributed by atoms with Crippen molar-refractivity contribution in [2.75, 3.05) is 26.4 Å². The number of benzene rings is 2. The molecule has 3 heteroatoms. The zero-order chi connectivity index (χ0) is 14.9. The maximum atomic E-state index is 8.61. The van der Waals surface area contributed by atoms with Crippen LogP contribution in [-0.4, -0.2) is 31.5 Å². The summed E-state index contributed by atoms with van der Waals surface area (Å²) in [5.41, 5.74) is 5.02. The fourth-order valence-corrected chi connectivity index (χ4v) is 2.15. The summed E-state index contributed by atoms with van der Waals surface area (Å²) in [6.07, 6.45) is 0. The summed E-state index contributed by atoms with van der Waals surface area (Å²) < 4.78 is 5.21. The zero-order valence-corrected chi connectivity index (χ0v) is 12.5. The van der Waals surface area contributed by atoms with Crippen LogP contribution >= 0.6 is 0 Å². The molecule has 2 N–H and O–H groups in total. The van der Waals surface area contributed by atoms with Crippen LogP contribution in [-0.2, 0) is 11.3 Å². The summed E-state index contributed by atoms with van der Waals surface area (Å²) in [5.74, 6) is 0. The lowest BCUT2D eigenvalue weighted by Crippen LogP contribution is -2.20. The van der Waals surface area contributed by atoms with E-state index in [1.807, 2.05) is 0 Å². The van der Waals surface area contributed by atoms with E-state index < -0.39 is 0 Å². The number of ether oxygens (including phenoxy) is 1. The van der Waals surface area contributed by atoms with Gasteiger partial charge in [0.2, 0.25) is 0 Å². The van der Waals surface area contributed by atoms with Crippen LogP contribution in [0.2, 0.25) is 0 Å². The van der Waals surface area contributed by atoms with Gasteiger partial charge in [-0.1, -0.05) is 48.0 Å². The van der Waals surface area contributed by atoms with Crippen molar-refractivity contribution < 1.29 is 9.84 Å². The van der Waals surface area contributed by atoms with Crippen LogP contribution < -0.4 is 5.32 Å². The van der Waals surface area contributed by atoms with Crippen molar-refractivity contribution >= 4 is 0 Å². The summed E-state index contributed by atoms with van der Waals surface area (Å²) >= 11 is 0. The standard InChI is InChI=1S/C18H23NO2/c1-15-5-7-17(8-6-15)18-4-2-3-16(13-18)14-19-9-11-21-12-10-20/h2-8,13,19-20H,9-12,14H2,1H3. The first-order valence-corrected chi connectivity index (χ1v) is 7.35. The monoisotopic (exact) mass is 285 g/mol. The fraction of sp³-hybridized carbons (Fsp3) is 0.333. The average molecular weight is 285 g/mol. The molecule has 0 fully saturated rings. The lowest BCUT2D eigenvalue weighted by atomic mass is 10.0. The number of nitrogens with one attached hydrogen (secondary N) is 1. The normalized spacial score (nSPS) is 10.8. The van der Waals surface area contributed by atoms with Crippen LogP contribution in [0.5, 0.6) is 0 Å². The molecule has 0 aliphatic heterocycles. The number of hydrogen-bond acceptors (Lipinski definition) is 3. The minimum absolute atomic E-state index is 0.0819. The molecule has 2 aromatic rings. The fourth-order valence-electron chi connectivity index (χ4n) is 2.15. The zero-order valence-electron chi connectivity index (χ0n) is 12.5. The summed E-state index contributed by atoms with van der Waals surface area (Å²) in [4.78, 5) is 0. The van der Waals surface area contributed by atoms with E-state index in [0.29, 0.717) is 13.2 Å². The highest BCUT2D eigenvalue weighted by molar-refractivity contribution is 5.64. The van der Waals surface area contributed by atoms with E-state index in [0.717, 1.165) is 13.1 Å². The number of hydrogen-bond donors (Lipinski definition) is 2. The molecule has 0 atom stereocenters. The lowest BCUT2D eigenvalue weighted by molar-refractivity contribution is 0.0938. The SMILES string of the molecule is Cc1ccc(-c2cccc(CNCCOCCO)c2)cc1. The lowest BCUT2D eigenvalue weighted by Gasteiger charge is -2.08. The topological polar surface area (TPSA) is 41.5 Å². The van der Waals surface area contributed by atoms with Crippen molar-refractivity contribution in [1.29, 1.82) is 0 Å². The third-order valence-corrected chi connectivity index (χ3v) is 3.30. The van der Waals surface area contributed by atoms with Gasteiger partial charge in [-0.15, -0.1) is 0 Å². The van der Waals surface area contributed by atoms with Crippen LogP contribution in [0, 0.1) is 6.92 Å². The number of aryl methyl sites for hydroxylation is 1. The van der Waals surface area contributed by atoms with Gasteiger partial charge >= 0.3 is 0 Å². The van der Waals surface area contributed by atoms with Gasteiger partial charge in [0.25, 0.3) is 0 Å². The Balaban J connectivity index is 1.87. The third kappa shape index (κ3) is 5.31. The van der Waals surface area contributed by atoms with Gasteiger partial charge in [0.1, 0.15) is 0 Å². The van der Waals surface area contributed by atoms with Gasteiger partial charge in [-0.25, -0.2) is 0 Å². The van der Waals surface area contributed by atoms with Crippen molar-refractivity contribution in [3.05, 3.63) is 59.7 Å². The molecule has 0 spiro atoms. The second kappa shape index (κ2) is 8.57. The Labute approximate surface area is 126 Å². The summed E-state index contributed by atoms with van der Waals surface area (Å²) in [7, 11) is 0. The molecule has 0 heterocycles. The van der Waals surface area contributed by atoms with E-state index in [1.54, 1.807) is 0 Å². The molecule has 3 nitrogen and oxygen atoms in total. The first kappa shape index (κ1) is 15.7. The minimum Gasteiger partial charge on any atom is -0.394 e. The summed E-state index contributed by atoms with van der Waals surface area (Å²) in [6, 6.07) is 17.2. The highest BCUT2D eigenvalue weighted by Gasteiger charge is 1.99. The first-order chi connectivity index (χ1) is 10.3. The van der Waals surface area contributed by atoms with Crippen molar-refractivity contribution in [2.45, 2.75) is 13.5 Å². The maximum absolute atomic E-state index is 8.61. The van der Waals surface area contributed by atoms with Crippen LogP contribution in [0.15, 0.2) is 48.5 Å². The minimum atomic E-state index is 0.0819. The van der Waals surface area contributed by atoms with Crippen LogP contribution in [0.1, 0.15) is 11.1 Å². The van der Waals surface area contributed by atoms with Gasteiger partial charge in [0, 0.05) is 13.1 Å². The molecule has 0 unspecified atom stereocenters. The quantitative estimate of drug-likeness (QED) is 0.733. The first-order valence-electron chi connectivity index (χ1n) is 7.35. The van der Waals surface area contributed by atoms with Gasteiger partial charge in [-0.2, -0.15) is 0 Å². The molecule has 112 valence electrons. The molecular weight excluding hydrogens is 262 g/mol. The van der Waals surface area contributed by atoms with Crippen molar-refractivity contribution in [2.24, 2.45) is 0 Å². The smallest absolute Gasteiger partial charge is 0.0698 e. The third-order valence-electron chi connectivity index (χ3n) is 3.30. The Morgan fingerprint density at radius 1 is 1.00 bits per heavy atom. The second-order valence-electron chi connectivity index (χ2n) is 5.08. The van der Waals surface area contributed by atoms with Crippen LogP contribution in [0.25, 0.3) is 11.1 Å². The van der Waals surface area contributed by atoms with Crippen molar-refractivity contribution in [3.63, 3.8) is 0 Å². The van der Waals surface area contributed by atoms with E-state index >= 15 is 0 Å². The molecule has 2 aromatic carbocycles. The Hall–Kier alpha value is -1.68. The molecule has 2 rings (SSSR count). The van der Waals surface area contributed by atoms with Gasteiger partial charge in [-0.05, 0) is 29.7 Å². The van der Waals surface area contributed by atoms with Gasteiger partial charge in [0.15, 0.2) is 0 Å². The van der Waals surface area contributed by atoms with E-state index in [2.05, 4.69) is 60.8 Å². The molecule has 0 saturated carbocycles. The summed E-state index contributed by atoms with van der Waals surface area (Å²) in [6.45, 7) is 4.82. The molecule has 0 radical (unpaired) electrons. The average Bonchev–Trinajstić information content (AvgIpc) is 2.52. The highest BCUT2D eigenvalue weighted by atomic mass is 16.5. The molecular formula is C18H23NO2. The predicted molar refractivity (Wildman–Crippen MR) is 86.2 cm³/mol. The van der Waals surface area contributed by atoms with Crippen molar-refractivity contribution in [3.8, 4) is 11.1 Å². The van der Waals surface area contributed by atoms with Crippen molar-refractivity contribution in [1.82, 2.24) is 5.32 Å². The number of aliphatic hydroxyl groups excluding tert-OH is 1. The number of rotatable bonds is 8. The largest absolute Gasteiger partial charge is 0.394 e. The molecule has 0 bridgehead atoms. The molecule has 21 heavy (non-hydrogen) atoms. The Bertz CT molecular complexity index is 537. The second-order valence-corrected chi connectivity index (χ2v) is 5.08. The van der Waals surface area contributed by atoms with Crippen LogP contribution in [0.4, 0.5) is 0 Å². The Morgan fingerprint density at radius 2 is 1.81 bits per heavy atom. The van der Waals surface area contributed by atoms with E-state index in [4.69, 9.17) is 9.84 Å². The van der Waals surface area contributed by atoms with E-state index in [-0.39, 0.29) is 6.61 Å². The number of aliphatic hydroxyl groups is 1. The van der Waals surface area contributed by atoms with E-state index in [1.165, 1.54) is 22.3 Å². The molecule has 0 saturated heterocycles. The molecule has 0 aliphatic carbocycles. The predicted octanol–water partition coefficient (Wildman–Crippen LogP) is 2.76. The van der Waals surface area contributed by atoms with E-state index in [9.17, 15) is 0 Å². The van der Waals surface area contributed by atoms with Gasteiger partial charge in [-0.3, -0.25) is 0 Å². The Morgan fingerprint density at radius 3 is 2.57 bits per heavy atom. The summed E-state index contributed by atoms with van der Waals surface area (Å²) in [5, 5.41) is 12.0. The van der Waals surface area contributed by atoms with Crippen LogP contribution in [0.3, 0.4) is 0 Å².